The van der Waals surface area contributed by atoms with E-state index in [0.717, 1.165) is 22.4 Å². The second kappa shape index (κ2) is 10.9. The zero-order valence-corrected chi connectivity index (χ0v) is 25.0. The van der Waals surface area contributed by atoms with Crippen molar-refractivity contribution in [2.75, 3.05) is 0 Å². The van der Waals surface area contributed by atoms with Crippen molar-refractivity contribution in [2.24, 2.45) is 0 Å². The molecule has 0 radical (unpaired) electrons. The second-order valence-corrected chi connectivity index (χ2v) is 11.3. The number of fused-ring (bicyclic) bond motifs is 6. The molecule has 0 unspecified atom stereocenters. The molecular formula is C43H30N2. The molecule has 0 amide bonds. The van der Waals surface area contributed by atoms with E-state index in [1.165, 1.54) is 54.8 Å². The molecule has 0 saturated carbocycles. The lowest BCUT2D eigenvalue weighted by Crippen LogP contribution is -1.94. The molecule has 0 aliphatic rings. The van der Waals surface area contributed by atoms with Gasteiger partial charge in [-0.2, -0.15) is 0 Å². The summed E-state index contributed by atoms with van der Waals surface area (Å²) in [6.45, 7) is 2.02. The Kier molecular flexibility index (Phi) is 6.44. The summed E-state index contributed by atoms with van der Waals surface area (Å²) in [5, 5.41) is 4.89. The first-order valence-corrected chi connectivity index (χ1v) is 15.3. The van der Waals surface area contributed by atoms with Gasteiger partial charge in [-0.3, -0.25) is 0 Å². The SMILES string of the molecule is C#C/C=C(\C=C/C)n1c2ccccc2c2cc(-c3ccc4c(c3)c3ccccc3n4-c3cccc(-c4ccccc4)c3)ccc21. The van der Waals surface area contributed by atoms with Crippen molar-refractivity contribution in [2.45, 2.75) is 6.92 Å². The molecule has 0 N–H and O–H groups in total. The van der Waals surface area contributed by atoms with Gasteiger partial charge in [0, 0.05) is 33.3 Å². The van der Waals surface area contributed by atoms with Crippen LogP contribution in [-0.4, -0.2) is 9.13 Å². The minimum atomic E-state index is 0.976. The Balaban J connectivity index is 1.31. The van der Waals surface area contributed by atoms with Crippen LogP contribution in [0.2, 0.25) is 0 Å². The van der Waals surface area contributed by atoms with Crippen LogP contribution in [0.1, 0.15) is 6.92 Å². The number of allylic oxidation sites excluding steroid dienone is 4. The van der Waals surface area contributed by atoms with Gasteiger partial charge in [0.05, 0.1) is 27.8 Å². The van der Waals surface area contributed by atoms with Gasteiger partial charge < -0.3 is 9.13 Å². The zero-order valence-electron chi connectivity index (χ0n) is 25.0. The Bertz CT molecular complexity index is 2490. The van der Waals surface area contributed by atoms with Crippen LogP contribution in [0.5, 0.6) is 0 Å². The van der Waals surface area contributed by atoms with Crippen molar-refractivity contribution < 1.29 is 0 Å². The van der Waals surface area contributed by atoms with E-state index in [0.29, 0.717) is 0 Å². The molecule has 0 atom stereocenters. The standard InChI is InChI=1S/C43H30N2/c1-3-13-34(14-4-2)44-40-21-10-8-19-36(40)38-28-32(23-25-42(38)44)33-24-26-43-39(29-33)37-20-9-11-22-41(37)45(43)35-18-12-17-31(27-35)30-15-6-5-7-16-30/h1,4-29H,2H3/b14-4-,34-13+. The summed E-state index contributed by atoms with van der Waals surface area (Å²) in [5.74, 6) is 2.73. The molecule has 0 bridgehead atoms. The first-order valence-electron chi connectivity index (χ1n) is 15.3. The highest BCUT2D eigenvalue weighted by atomic mass is 15.0. The van der Waals surface area contributed by atoms with Crippen molar-refractivity contribution in [1.82, 2.24) is 9.13 Å². The van der Waals surface area contributed by atoms with E-state index in [1.54, 1.807) is 0 Å². The predicted molar refractivity (Wildman–Crippen MR) is 193 cm³/mol. The van der Waals surface area contributed by atoms with Crippen LogP contribution >= 0.6 is 0 Å². The lowest BCUT2D eigenvalue weighted by Gasteiger charge is -2.11. The summed E-state index contributed by atoms with van der Waals surface area (Å²) in [6, 6.07) is 50.3. The molecular weight excluding hydrogens is 544 g/mol. The normalized spacial score (nSPS) is 12.1. The number of hydrogen-bond acceptors (Lipinski definition) is 0. The molecule has 2 nitrogen and oxygen atoms in total. The summed E-state index contributed by atoms with van der Waals surface area (Å²) in [4.78, 5) is 0. The van der Waals surface area contributed by atoms with Crippen LogP contribution < -0.4 is 0 Å². The first kappa shape index (κ1) is 26.6. The maximum atomic E-state index is 5.74. The van der Waals surface area contributed by atoms with E-state index >= 15 is 0 Å². The summed E-state index contributed by atoms with van der Waals surface area (Å²) < 4.78 is 4.65. The van der Waals surface area contributed by atoms with Gasteiger partial charge >= 0.3 is 0 Å². The summed E-state index contributed by atoms with van der Waals surface area (Å²) >= 11 is 0. The van der Waals surface area contributed by atoms with E-state index in [2.05, 4.69) is 161 Å². The van der Waals surface area contributed by atoms with Crippen LogP contribution in [0.4, 0.5) is 0 Å². The van der Waals surface area contributed by atoms with Crippen molar-refractivity contribution >= 4 is 49.3 Å². The topological polar surface area (TPSA) is 9.86 Å². The Labute approximate surface area is 262 Å². The largest absolute Gasteiger partial charge is 0.309 e. The highest BCUT2D eigenvalue weighted by molar-refractivity contribution is 6.13. The van der Waals surface area contributed by atoms with E-state index in [-0.39, 0.29) is 0 Å². The maximum absolute atomic E-state index is 5.74. The molecule has 8 rings (SSSR count). The monoisotopic (exact) mass is 574 g/mol. The lowest BCUT2D eigenvalue weighted by molar-refractivity contribution is 1.18. The van der Waals surface area contributed by atoms with E-state index in [9.17, 15) is 0 Å². The number of para-hydroxylation sites is 2. The molecule has 212 valence electrons. The molecule has 0 fully saturated rings. The Morgan fingerprint density at radius 3 is 1.82 bits per heavy atom. The summed E-state index contributed by atoms with van der Waals surface area (Å²) in [5.41, 5.74) is 11.6. The van der Waals surface area contributed by atoms with Gasteiger partial charge in [0.15, 0.2) is 0 Å². The van der Waals surface area contributed by atoms with Crippen LogP contribution in [0.15, 0.2) is 158 Å². The minimum absolute atomic E-state index is 0.976. The zero-order chi connectivity index (χ0) is 30.3. The predicted octanol–water partition coefficient (Wildman–Crippen LogP) is 11.3. The van der Waals surface area contributed by atoms with Crippen molar-refractivity contribution in [1.29, 1.82) is 0 Å². The van der Waals surface area contributed by atoms with Crippen LogP contribution in [-0.2, 0) is 0 Å². The van der Waals surface area contributed by atoms with Crippen LogP contribution in [0.25, 0.3) is 77.2 Å². The Morgan fingerprint density at radius 2 is 1.09 bits per heavy atom. The van der Waals surface area contributed by atoms with E-state index in [4.69, 9.17) is 6.42 Å². The number of benzene rings is 6. The van der Waals surface area contributed by atoms with E-state index in [1.807, 2.05) is 19.1 Å². The number of terminal acetylenes is 1. The molecule has 45 heavy (non-hydrogen) atoms. The molecule has 2 aromatic heterocycles. The minimum Gasteiger partial charge on any atom is -0.309 e. The molecule has 6 aromatic carbocycles. The van der Waals surface area contributed by atoms with Crippen molar-refractivity contribution in [3.63, 3.8) is 0 Å². The second-order valence-electron chi connectivity index (χ2n) is 11.3. The highest BCUT2D eigenvalue weighted by Crippen LogP contribution is 2.38. The first-order chi connectivity index (χ1) is 22.2. The fourth-order valence-electron chi connectivity index (χ4n) is 6.76. The maximum Gasteiger partial charge on any atom is 0.0542 e. The van der Waals surface area contributed by atoms with Crippen LogP contribution in [0.3, 0.4) is 0 Å². The quantitative estimate of drug-likeness (QED) is 0.143. The van der Waals surface area contributed by atoms with Crippen LogP contribution in [0, 0.1) is 12.3 Å². The Hall–Kier alpha value is -6.04. The average molecular weight is 575 g/mol. The molecule has 2 heteroatoms. The Morgan fingerprint density at radius 1 is 0.533 bits per heavy atom. The van der Waals surface area contributed by atoms with Gasteiger partial charge in [0.25, 0.3) is 0 Å². The third kappa shape index (κ3) is 4.37. The average Bonchev–Trinajstić information content (AvgIpc) is 3.61. The molecule has 0 aliphatic carbocycles. The fraction of sp³-hybridized carbons (Fsp3) is 0.0233. The number of hydrogen-bond donors (Lipinski definition) is 0. The number of rotatable bonds is 5. The number of nitrogens with zero attached hydrogens (tertiary/aromatic N) is 2. The molecule has 8 aromatic rings. The highest BCUT2D eigenvalue weighted by Gasteiger charge is 2.16. The summed E-state index contributed by atoms with van der Waals surface area (Å²) in [7, 11) is 0. The third-order valence-corrected chi connectivity index (χ3v) is 8.72. The van der Waals surface area contributed by atoms with Gasteiger partial charge in [0.2, 0.25) is 0 Å². The smallest absolute Gasteiger partial charge is 0.0542 e. The van der Waals surface area contributed by atoms with Gasteiger partial charge in [-0.15, -0.1) is 6.42 Å². The van der Waals surface area contributed by atoms with Gasteiger partial charge in [-0.25, -0.2) is 0 Å². The van der Waals surface area contributed by atoms with E-state index < -0.39 is 0 Å². The molecule has 0 aliphatic heterocycles. The molecule has 0 saturated heterocycles. The van der Waals surface area contributed by atoms with Crippen molar-refractivity contribution in [3.05, 3.63) is 158 Å². The fourth-order valence-corrected chi connectivity index (χ4v) is 6.76. The number of aromatic nitrogens is 2. The lowest BCUT2D eigenvalue weighted by atomic mass is 10.0. The summed E-state index contributed by atoms with van der Waals surface area (Å²) in [6.07, 6.45) is 11.7. The van der Waals surface area contributed by atoms with Gasteiger partial charge in [-0.1, -0.05) is 103 Å². The van der Waals surface area contributed by atoms with Crippen molar-refractivity contribution in [3.8, 4) is 40.3 Å². The third-order valence-electron chi connectivity index (χ3n) is 8.72. The van der Waals surface area contributed by atoms with Gasteiger partial charge in [0.1, 0.15) is 0 Å². The molecule has 0 spiro atoms. The van der Waals surface area contributed by atoms with Gasteiger partial charge in [-0.05, 0) is 83.8 Å². The molecule has 2 heterocycles.